The minimum atomic E-state index is -0.694. The number of H-pyrrole nitrogens is 1. The molecule has 0 radical (unpaired) electrons. The normalized spacial score (nSPS) is 22.8. The number of aromatic amines is 1. The molecule has 0 bridgehead atoms. The molecule has 0 aliphatic carbocycles. The van der Waals surface area contributed by atoms with Crippen LogP contribution in [0.15, 0.2) is 62.8 Å². The van der Waals surface area contributed by atoms with Gasteiger partial charge in [-0.15, -0.1) is 0 Å². The first-order valence-corrected chi connectivity index (χ1v) is 14.5. The Kier molecular flexibility index (Phi) is 6.89. The number of anilines is 1. The fraction of sp³-hybridized carbons (Fsp3) is 0.308. The minimum absolute atomic E-state index is 0.118. The van der Waals surface area contributed by atoms with Gasteiger partial charge < -0.3 is 19.4 Å². The van der Waals surface area contributed by atoms with Crippen LogP contribution < -0.4 is 14.5 Å². The Morgan fingerprint density at radius 3 is 2.61 bits per heavy atom. The van der Waals surface area contributed by atoms with Crippen LogP contribution in [0.4, 0.5) is 5.69 Å². The second kappa shape index (κ2) is 10.3. The van der Waals surface area contributed by atoms with E-state index >= 15 is 0 Å². The number of fused-ring (bicyclic) bond motifs is 2. The number of thiazole rings is 1. The lowest BCUT2D eigenvalue weighted by Crippen LogP contribution is -2.42. The Hall–Kier alpha value is -2.93. The number of nitrogens with one attached hydrogen (secondary N) is 1. The maximum Gasteiger partial charge on any atom is 0.305 e. The summed E-state index contributed by atoms with van der Waals surface area (Å²) < 4.78 is 12.0. The maximum atomic E-state index is 13.8. The molecule has 3 aliphatic rings. The van der Waals surface area contributed by atoms with Gasteiger partial charge >= 0.3 is 4.87 Å². The molecule has 3 atom stereocenters. The van der Waals surface area contributed by atoms with Crippen molar-refractivity contribution in [2.24, 2.45) is 5.92 Å². The third-order valence-corrected chi connectivity index (χ3v) is 9.78. The molecule has 196 valence electrons. The van der Waals surface area contributed by atoms with Crippen LogP contribution in [0.2, 0.25) is 0 Å². The maximum absolute atomic E-state index is 13.8. The topological polar surface area (TPSA) is 109 Å². The lowest BCUT2D eigenvalue weighted by atomic mass is 9.83. The molecule has 1 N–H and O–H groups in total. The van der Waals surface area contributed by atoms with Crippen molar-refractivity contribution >= 4 is 62.4 Å². The molecule has 1 aromatic heterocycles. The molecular formula is C26H22BrN3O6S2. The Morgan fingerprint density at radius 2 is 1.84 bits per heavy atom. The molecule has 12 heteroatoms. The van der Waals surface area contributed by atoms with E-state index < -0.39 is 17.1 Å². The van der Waals surface area contributed by atoms with E-state index in [9.17, 15) is 19.2 Å². The Bertz CT molecular complexity index is 1470. The SMILES string of the molecule is O=C(COc1cccc([C@@H]2c3sc(=O)[nH]c3S[C@H]3C(=O)N(c4ccc(Br)cc4)C(=O)[C@@H]23)c1)N1CCOCC1. The Morgan fingerprint density at radius 1 is 1.08 bits per heavy atom. The van der Waals surface area contributed by atoms with E-state index in [0.29, 0.717) is 42.8 Å². The highest BCUT2D eigenvalue weighted by Crippen LogP contribution is 2.53. The number of amides is 3. The lowest BCUT2D eigenvalue weighted by molar-refractivity contribution is -0.137. The zero-order valence-corrected chi connectivity index (χ0v) is 23.1. The van der Waals surface area contributed by atoms with Gasteiger partial charge in [0.05, 0.1) is 29.8 Å². The summed E-state index contributed by atoms with van der Waals surface area (Å²) in [4.78, 5) is 58.5. The minimum Gasteiger partial charge on any atom is -0.484 e. The van der Waals surface area contributed by atoms with Crippen LogP contribution in [0.3, 0.4) is 0 Å². The van der Waals surface area contributed by atoms with Crippen molar-refractivity contribution in [1.82, 2.24) is 9.88 Å². The molecule has 0 saturated carbocycles. The van der Waals surface area contributed by atoms with Gasteiger partial charge in [0, 0.05) is 28.4 Å². The van der Waals surface area contributed by atoms with Gasteiger partial charge in [-0.3, -0.25) is 19.2 Å². The predicted octanol–water partition coefficient (Wildman–Crippen LogP) is 3.23. The zero-order chi connectivity index (χ0) is 26.4. The summed E-state index contributed by atoms with van der Waals surface area (Å²) in [5.41, 5.74) is 1.25. The molecule has 0 spiro atoms. The van der Waals surface area contributed by atoms with Gasteiger partial charge in [-0.2, -0.15) is 0 Å². The number of morpholine rings is 1. The van der Waals surface area contributed by atoms with Gasteiger partial charge in [0.15, 0.2) is 6.61 Å². The van der Waals surface area contributed by atoms with E-state index in [-0.39, 0.29) is 29.2 Å². The van der Waals surface area contributed by atoms with Crippen molar-refractivity contribution in [3.63, 3.8) is 0 Å². The fourth-order valence-electron chi connectivity index (χ4n) is 5.07. The number of aromatic nitrogens is 1. The molecule has 3 aliphatic heterocycles. The quantitative estimate of drug-likeness (QED) is 0.439. The van der Waals surface area contributed by atoms with Gasteiger partial charge in [-0.25, -0.2) is 4.90 Å². The average molecular weight is 617 g/mol. The van der Waals surface area contributed by atoms with Crippen LogP contribution >= 0.6 is 39.0 Å². The van der Waals surface area contributed by atoms with Crippen LogP contribution in [0.25, 0.3) is 0 Å². The monoisotopic (exact) mass is 615 g/mol. The molecule has 3 amide bonds. The van der Waals surface area contributed by atoms with E-state index in [2.05, 4.69) is 20.9 Å². The van der Waals surface area contributed by atoms with Crippen LogP contribution in [0.5, 0.6) is 5.75 Å². The largest absolute Gasteiger partial charge is 0.484 e. The molecule has 0 unspecified atom stereocenters. The predicted molar refractivity (Wildman–Crippen MR) is 146 cm³/mol. The van der Waals surface area contributed by atoms with E-state index in [1.807, 2.05) is 6.07 Å². The first-order valence-electron chi connectivity index (χ1n) is 12.0. The van der Waals surface area contributed by atoms with Gasteiger partial charge in [0.25, 0.3) is 5.91 Å². The summed E-state index contributed by atoms with van der Waals surface area (Å²) in [6, 6.07) is 14.2. The molecular weight excluding hydrogens is 594 g/mol. The van der Waals surface area contributed by atoms with Crippen molar-refractivity contribution < 1.29 is 23.9 Å². The number of benzene rings is 2. The molecule has 3 aromatic rings. The van der Waals surface area contributed by atoms with Crippen molar-refractivity contribution in [3.05, 3.63) is 73.1 Å². The molecule has 2 fully saturated rings. The summed E-state index contributed by atoms with van der Waals surface area (Å²) in [6.07, 6.45) is 0. The van der Waals surface area contributed by atoms with E-state index in [0.717, 1.165) is 26.3 Å². The smallest absolute Gasteiger partial charge is 0.305 e. The van der Waals surface area contributed by atoms with Crippen molar-refractivity contribution in [2.75, 3.05) is 37.8 Å². The number of halogens is 1. The Balaban J connectivity index is 1.32. The molecule has 2 saturated heterocycles. The second-order valence-corrected chi connectivity index (χ2v) is 12.2. The highest BCUT2D eigenvalue weighted by molar-refractivity contribution is 9.10. The summed E-state index contributed by atoms with van der Waals surface area (Å²) in [5.74, 6) is -1.47. The highest BCUT2D eigenvalue weighted by Gasteiger charge is 2.56. The van der Waals surface area contributed by atoms with Crippen LogP contribution in [-0.2, 0) is 19.1 Å². The second-order valence-electron chi connectivity index (χ2n) is 9.09. The van der Waals surface area contributed by atoms with Crippen molar-refractivity contribution in [1.29, 1.82) is 0 Å². The van der Waals surface area contributed by atoms with E-state index in [4.69, 9.17) is 9.47 Å². The number of hydrogen-bond donors (Lipinski definition) is 1. The van der Waals surface area contributed by atoms with Crippen molar-refractivity contribution in [3.8, 4) is 5.75 Å². The van der Waals surface area contributed by atoms with Crippen LogP contribution in [-0.4, -0.2) is 65.8 Å². The third-order valence-electron chi connectivity index (χ3n) is 6.85. The number of nitrogens with zero attached hydrogens (tertiary/aromatic N) is 2. The molecule has 9 nitrogen and oxygen atoms in total. The molecule has 4 heterocycles. The average Bonchev–Trinajstić information content (AvgIpc) is 3.42. The number of rotatable bonds is 5. The van der Waals surface area contributed by atoms with E-state index in [1.165, 1.54) is 16.7 Å². The summed E-state index contributed by atoms with van der Waals surface area (Å²) >= 11 is 5.68. The summed E-state index contributed by atoms with van der Waals surface area (Å²) in [6.45, 7) is 1.97. The molecule has 2 aromatic carbocycles. The first kappa shape index (κ1) is 25.4. The van der Waals surface area contributed by atoms with Gasteiger partial charge in [0.2, 0.25) is 11.8 Å². The molecule has 6 rings (SSSR count). The number of imide groups is 1. The number of carbonyl (C=O) groups is 3. The van der Waals surface area contributed by atoms with Crippen LogP contribution in [0.1, 0.15) is 16.4 Å². The highest BCUT2D eigenvalue weighted by atomic mass is 79.9. The lowest BCUT2D eigenvalue weighted by Gasteiger charge is -2.30. The van der Waals surface area contributed by atoms with Crippen molar-refractivity contribution in [2.45, 2.75) is 16.2 Å². The summed E-state index contributed by atoms with van der Waals surface area (Å²) in [5, 5.41) is -0.0692. The molecule has 38 heavy (non-hydrogen) atoms. The Labute approximate surface area is 234 Å². The van der Waals surface area contributed by atoms with Crippen LogP contribution in [0, 0.1) is 5.92 Å². The standard InChI is InChI=1S/C26H22BrN3O6S2/c27-15-4-6-16(7-5-15)30-24(32)20-19(21-23(28-26(34)38-21)37-22(20)25(30)33)14-2-1-3-17(12-14)36-13-18(31)29-8-10-35-11-9-29/h1-7,12,19-20,22H,8-11,13H2,(H,28,34)/t19-,20-,22+/m0/s1. The van der Waals surface area contributed by atoms with E-state index in [1.54, 1.807) is 47.4 Å². The number of hydrogen-bond acceptors (Lipinski definition) is 8. The van der Waals surface area contributed by atoms with Gasteiger partial charge in [-0.1, -0.05) is 51.2 Å². The summed E-state index contributed by atoms with van der Waals surface area (Å²) in [7, 11) is 0. The van der Waals surface area contributed by atoms with Gasteiger partial charge in [0.1, 0.15) is 11.0 Å². The number of ether oxygens (including phenoxy) is 2. The third kappa shape index (κ3) is 4.59. The number of thioether (sulfide) groups is 1. The van der Waals surface area contributed by atoms with Gasteiger partial charge in [-0.05, 0) is 42.0 Å². The zero-order valence-electron chi connectivity index (χ0n) is 19.9. The first-order chi connectivity index (χ1) is 18.4. The fourth-order valence-corrected chi connectivity index (χ4v) is 7.85. The number of carbonyl (C=O) groups excluding carboxylic acids is 3.